The summed E-state index contributed by atoms with van der Waals surface area (Å²) in [6, 6.07) is 9.50. The largest absolute Gasteiger partial charge is 0.494 e. The van der Waals surface area contributed by atoms with Crippen LogP contribution in [-0.2, 0) is 4.79 Å². The molecule has 0 aromatic heterocycles. The van der Waals surface area contributed by atoms with Crippen LogP contribution in [0.2, 0.25) is 0 Å². The average Bonchev–Trinajstić information content (AvgIpc) is 2.37. The number of ether oxygens (including phenoxy) is 1. The molecule has 96 valence electrons. The van der Waals surface area contributed by atoms with Crippen molar-refractivity contribution in [3.05, 3.63) is 29.8 Å². The quantitative estimate of drug-likeness (QED) is 0.837. The van der Waals surface area contributed by atoms with E-state index in [9.17, 15) is 4.79 Å². The Morgan fingerprint density at radius 3 is 2.89 bits per heavy atom. The molecule has 0 aliphatic heterocycles. The van der Waals surface area contributed by atoms with Gasteiger partial charge in [0, 0.05) is 13.0 Å². The second kappa shape index (κ2) is 7.33. The highest BCUT2D eigenvalue weighted by Gasteiger charge is 2.15. The minimum absolute atomic E-state index is 0.106. The summed E-state index contributed by atoms with van der Waals surface area (Å²) in [5, 5.41) is 11.8. The maximum Gasteiger partial charge on any atom is 0.221 e. The molecule has 1 unspecified atom stereocenters. The normalized spacial score (nSPS) is 11.4. The average molecular weight is 246 g/mol. The van der Waals surface area contributed by atoms with Gasteiger partial charge in [-0.25, -0.2) is 0 Å². The predicted octanol–water partition coefficient (Wildman–Crippen LogP) is 2.22. The second-order valence-electron chi connectivity index (χ2n) is 3.84. The van der Waals surface area contributed by atoms with Gasteiger partial charge in [0.1, 0.15) is 5.75 Å². The topological polar surface area (TPSA) is 62.1 Å². The molecule has 1 rings (SSSR count). The van der Waals surface area contributed by atoms with E-state index in [0.717, 1.165) is 11.3 Å². The molecular formula is C14H18N2O2. The van der Waals surface area contributed by atoms with Crippen LogP contribution in [0.25, 0.3) is 0 Å². The molecule has 0 radical (unpaired) electrons. The number of benzene rings is 1. The molecule has 1 atom stereocenters. The van der Waals surface area contributed by atoms with Crippen LogP contribution in [0.4, 0.5) is 0 Å². The molecule has 0 heterocycles. The van der Waals surface area contributed by atoms with Crippen molar-refractivity contribution in [2.45, 2.75) is 26.2 Å². The first kappa shape index (κ1) is 14.0. The van der Waals surface area contributed by atoms with Crippen LogP contribution in [0.1, 0.15) is 31.7 Å². The summed E-state index contributed by atoms with van der Waals surface area (Å²) in [5.74, 6) is 0.189. The summed E-state index contributed by atoms with van der Waals surface area (Å²) in [4.78, 5) is 11.5. The van der Waals surface area contributed by atoms with E-state index in [2.05, 4.69) is 11.4 Å². The summed E-state index contributed by atoms with van der Waals surface area (Å²) in [6.45, 7) is 4.92. The molecule has 4 nitrogen and oxygen atoms in total. The Bertz CT molecular complexity index is 438. The van der Waals surface area contributed by atoms with Gasteiger partial charge in [-0.15, -0.1) is 0 Å². The van der Waals surface area contributed by atoms with Gasteiger partial charge in [0.25, 0.3) is 0 Å². The Labute approximate surface area is 108 Å². The first-order valence-corrected chi connectivity index (χ1v) is 6.10. The third-order valence-corrected chi connectivity index (χ3v) is 2.49. The zero-order chi connectivity index (χ0) is 13.4. The summed E-state index contributed by atoms with van der Waals surface area (Å²) in [5.41, 5.74) is 0.815. The third kappa shape index (κ3) is 4.10. The first-order chi connectivity index (χ1) is 8.71. The zero-order valence-corrected chi connectivity index (χ0v) is 10.8. The number of rotatable bonds is 6. The first-order valence-electron chi connectivity index (χ1n) is 6.10. The van der Waals surface area contributed by atoms with Crippen molar-refractivity contribution in [3.63, 3.8) is 0 Å². The van der Waals surface area contributed by atoms with E-state index in [-0.39, 0.29) is 12.3 Å². The molecule has 0 spiro atoms. The van der Waals surface area contributed by atoms with Gasteiger partial charge in [0.2, 0.25) is 5.91 Å². The third-order valence-electron chi connectivity index (χ3n) is 2.49. The van der Waals surface area contributed by atoms with E-state index in [1.807, 2.05) is 38.1 Å². The molecule has 0 aliphatic carbocycles. The molecule has 0 bridgehead atoms. The van der Waals surface area contributed by atoms with E-state index < -0.39 is 5.92 Å². The van der Waals surface area contributed by atoms with Gasteiger partial charge < -0.3 is 10.1 Å². The van der Waals surface area contributed by atoms with Crippen molar-refractivity contribution in [2.75, 3.05) is 13.2 Å². The second-order valence-corrected chi connectivity index (χ2v) is 3.84. The van der Waals surface area contributed by atoms with Crippen molar-refractivity contribution >= 4 is 5.91 Å². The highest BCUT2D eigenvalue weighted by molar-refractivity contribution is 5.77. The molecule has 0 saturated heterocycles. The standard InChI is InChI=1S/C14H18N2O2/c1-3-16-14(17)9-12(10-15)11-6-5-7-13(8-11)18-4-2/h5-8,12H,3-4,9H2,1-2H3,(H,16,17). The zero-order valence-electron chi connectivity index (χ0n) is 10.8. The molecule has 1 N–H and O–H groups in total. The predicted molar refractivity (Wildman–Crippen MR) is 69.3 cm³/mol. The molecule has 0 saturated carbocycles. The Kier molecular flexibility index (Phi) is 5.72. The summed E-state index contributed by atoms with van der Waals surface area (Å²) >= 11 is 0. The SMILES string of the molecule is CCNC(=O)CC(C#N)c1cccc(OCC)c1. The van der Waals surface area contributed by atoms with E-state index in [1.54, 1.807) is 0 Å². The van der Waals surface area contributed by atoms with Gasteiger partial charge in [-0.05, 0) is 31.5 Å². The Balaban J connectivity index is 2.79. The molecule has 1 amide bonds. The number of hydrogen-bond acceptors (Lipinski definition) is 3. The van der Waals surface area contributed by atoms with E-state index >= 15 is 0 Å². The van der Waals surface area contributed by atoms with E-state index in [0.29, 0.717) is 13.2 Å². The Hall–Kier alpha value is -2.02. The lowest BCUT2D eigenvalue weighted by Crippen LogP contribution is -2.24. The van der Waals surface area contributed by atoms with Gasteiger partial charge in [-0.3, -0.25) is 4.79 Å². The van der Waals surface area contributed by atoms with Crippen molar-refractivity contribution in [2.24, 2.45) is 0 Å². The van der Waals surface area contributed by atoms with Gasteiger partial charge >= 0.3 is 0 Å². The fraction of sp³-hybridized carbons (Fsp3) is 0.429. The van der Waals surface area contributed by atoms with Crippen LogP contribution < -0.4 is 10.1 Å². The molecule has 1 aromatic carbocycles. The molecule has 1 aromatic rings. The number of carbonyl (C=O) groups is 1. The van der Waals surface area contributed by atoms with Crippen LogP contribution in [-0.4, -0.2) is 19.1 Å². The van der Waals surface area contributed by atoms with Crippen molar-refractivity contribution < 1.29 is 9.53 Å². The minimum Gasteiger partial charge on any atom is -0.494 e. The lowest BCUT2D eigenvalue weighted by atomic mass is 9.96. The van der Waals surface area contributed by atoms with Crippen LogP contribution >= 0.6 is 0 Å². The minimum atomic E-state index is -0.433. The fourth-order valence-electron chi connectivity index (χ4n) is 1.68. The summed E-state index contributed by atoms with van der Waals surface area (Å²) < 4.78 is 5.38. The summed E-state index contributed by atoms with van der Waals surface area (Å²) in [7, 11) is 0. The fourth-order valence-corrected chi connectivity index (χ4v) is 1.68. The van der Waals surface area contributed by atoms with Crippen molar-refractivity contribution in [3.8, 4) is 11.8 Å². The number of nitriles is 1. The van der Waals surface area contributed by atoms with Gasteiger partial charge in [0.15, 0.2) is 0 Å². The van der Waals surface area contributed by atoms with Crippen LogP contribution in [0.3, 0.4) is 0 Å². The van der Waals surface area contributed by atoms with E-state index in [4.69, 9.17) is 10.00 Å². The maximum atomic E-state index is 11.5. The molecule has 0 fully saturated rings. The van der Waals surface area contributed by atoms with Crippen LogP contribution in [0.5, 0.6) is 5.75 Å². The number of nitrogens with one attached hydrogen (secondary N) is 1. The molecule has 0 aliphatic rings. The van der Waals surface area contributed by atoms with Gasteiger partial charge in [-0.1, -0.05) is 12.1 Å². The number of amides is 1. The molecule has 4 heteroatoms. The number of hydrogen-bond donors (Lipinski definition) is 1. The Morgan fingerprint density at radius 2 is 2.28 bits per heavy atom. The van der Waals surface area contributed by atoms with Crippen molar-refractivity contribution in [1.29, 1.82) is 5.26 Å². The molecular weight excluding hydrogens is 228 g/mol. The van der Waals surface area contributed by atoms with Gasteiger partial charge in [0.05, 0.1) is 18.6 Å². The lowest BCUT2D eigenvalue weighted by molar-refractivity contribution is -0.121. The van der Waals surface area contributed by atoms with Crippen LogP contribution in [0.15, 0.2) is 24.3 Å². The van der Waals surface area contributed by atoms with Crippen molar-refractivity contribution in [1.82, 2.24) is 5.32 Å². The highest BCUT2D eigenvalue weighted by Crippen LogP contribution is 2.23. The maximum absolute atomic E-state index is 11.5. The smallest absolute Gasteiger partial charge is 0.221 e. The van der Waals surface area contributed by atoms with Crippen LogP contribution in [0, 0.1) is 11.3 Å². The lowest BCUT2D eigenvalue weighted by Gasteiger charge is -2.11. The number of nitrogens with zero attached hydrogens (tertiary/aromatic N) is 1. The summed E-state index contributed by atoms with van der Waals surface area (Å²) in [6.07, 6.45) is 0.180. The number of carbonyl (C=O) groups excluding carboxylic acids is 1. The molecule has 18 heavy (non-hydrogen) atoms. The van der Waals surface area contributed by atoms with Gasteiger partial charge in [-0.2, -0.15) is 5.26 Å². The highest BCUT2D eigenvalue weighted by atomic mass is 16.5. The van der Waals surface area contributed by atoms with E-state index in [1.165, 1.54) is 0 Å². The Morgan fingerprint density at radius 1 is 1.50 bits per heavy atom. The monoisotopic (exact) mass is 246 g/mol.